The second-order valence-electron chi connectivity index (χ2n) is 6.65. The second-order valence-corrected chi connectivity index (χ2v) is 6.65. The number of aromatic nitrogens is 1. The maximum Gasteiger partial charge on any atom is 0.573 e. The minimum absolute atomic E-state index is 0.114. The van der Waals surface area contributed by atoms with Crippen LogP contribution < -0.4 is 20.7 Å². The third-order valence-corrected chi connectivity index (χ3v) is 4.62. The molecule has 0 aliphatic carbocycles. The van der Waals surface area contributed by atoms with Gasteiger partial charge in [0.05, 0.1) is 0 Å². The number of fused-ring (bicyclic) bond motifs is 1. The summed E-state index contributed by atoms with van der Waals surface area (Å²) in [5.41, 5.74) is 3.83. The molecule has 0 radical (unpaired) electrons. The first-order chi connectivity index (χ1) is 14.0. The summed E-state index contributed by atoms with van der Waals surface area (Å²) >= 11 is 0. The average Bonchev–Trinajstić information content (AvgIpc) is 3.10. The topological polar surface area (TPSA) is 58.2 Å². The number of hydrogen-bond donors (Lipinski definition) is 3. The average molecular weight is 400 g/mol. The van der Waals surface area contributed by atoms with E-state index < -0.39 is 6.36 Å². The van der Waals surface area contributed by atoms with Crippen molar-refractivity contribution >= 4 is 5.82 Å². The van der Waals surface area contributed by atoms with Crippen molar-refractivity contribution in [2.24, 2.45) is 0 Å². The van der Waals surface area contributed by atoms with Gasteiger partial charge in [0.25, 0.3) is 0 Å². The molecule has 1 atom stereocenters. The molecule has 5 nitrogen and oxygen atoms in total. The number of para-hydroxylation sites is 1. The van der Waals surface area contributed by atoms with Gasteiger partial charge in [-0.1, -0.05) is 30.3 Å². The van der Waals surface area contributed by atoms with E-state index in [0.717, 1.165) is 12.0 Å². The summed E-state index contributed by atoms with van der Waals surface area (Å²) in [6.45, 7) is 0.167. The standard InChI is InChI=1S/C21H19F3N4O/c22-21(23,24)29-18-6-2-1-4-15(18)12-27-19-8-7-14(11-26-19)10-16-13-28-20-17(16)5-3-9-25-20/h1-9,11,13,20,25,28H,10,12H2,(H,26,27). The van der Waals surface area contributed by atoms with Gasteiger partial charge in [0.2, 0.25) is 0 Å². The first-order valence-corrected chi connectivity index (χ1v) is 9.09. The van der Waals surface area contributed by atoms with Crippen molar-refractivity contribution in [2.75, 3.05) is 5.32 Å². The molecule has 2 aliphatic heterocycles. The number of nitrogens with one attached hydrogen (secondary N) is 3. The molecular weight excluding hydrogens is 381 g/mol. The molecule has 150 valence electrons. The molecule has 1 aromatic heterocycles. The van der Waals surface area contributed by atoms with E-state index in [0.29, 0.717) is 11.4 Å². The lowest BCUT2D eigenvalue weighted by Gasteiger charge is -2.18. The molecule has 3 N–H and O–H groups in total. The molecule has 8 heteroatoms. The highest BCUT2D eigenvalue weighted by Gasteiger charge is 2.32. The Hall–Kier alpha value is -3.42. The van der Waals surface area contributed by atoms with Crippen LogP contribution in [0.15, 0.2) is 78.3 Å². The first-order valence-electron chi connectivity index (χ1n) is 9.09. The minimum Gasteiger partial charge on any atom is -0.405 e. The van der Waals surface area contributed by atoms with E-state index in [1.807, 2.05) is 30.6 Å². The minimum atomic E-state index is -4.72. The summed E-state index contributed by atoms with van der Waals surface area (Å²) in [6, 6.07) is 9.81. The Bertz CT molecular complexity index is 965. The highest BCUT2D eigenvalue weighted by Crippen LogP contribution is 2.27. The third kappa shape index (κ3) is 4.71. The highest BCUT2D eigenvalue weighted by atomic mass is 19.4. The second kappa shape index (κ2) is 7.90. The van der Waals surface area contributed by atoms with Crippen molar-refractivity contribution in [2.45, 2.75) is 25.5 Å². The van der Waals surface area contributed by atoms with Crippen LogP contribution in [0.5, 0.6) is 5.75 Å². The maximum atomic E-state index is 12.5. The SMILES string of the molecule is FC(F)(F)Oc1ccccc1CNc1ccc(CC2=CNC3NC=CC=C23)cn1. The van der Waals surface area contributed by atoms with Gasteiger partial charge < -0.3 is 20.7 Å². The van der Waals surface area contributed by atoms with Crippen LogP contribution in [0.25, 0.3) is 0 Å². The fourth-order valence-electron chi connectivity index (χ4n) is 3.25. The molecule has 0 saturated heterocycles. The van der Waals surface area contributed by atoms with E-state index in [9.17, 15) is 13.2 Å². The van der Waals surface area contributed by atoms with Crippen LogP contribution in [0.3, 0.4) is 0 Å². The quantitative estimate of drug-likeness (QED) is 0.685. The molecule has 0 spiro atoms. The van der Waals surface area contributed by atoms with Gasteiger partial charge in [0.1, 0.15) is 17.7 Å². The fraction of sp³-hybridized carbons (Fsp3) is 0.190. The molecule has 2 aliphatic rings. The molecule has 0 bridgehead atoms. The van der Waals surface area contributed by atoms with Crippen LogP contribution in [0.4, 0.5) is 19.0 Å². The largest absolute Gasteiger partial charge is 0.573 e. The predicted octanol–water partition coefficient (Wildman–Crippen LogP) is 3.99. The highest BCUT2D eigenvalue weighted by molar-refractivity contribution is 5.47. The van der Waals surface area contributed by atoms with E-state index in [1.165, 1.54) is 23.3 Å². The van der Waals surface area contributed by atoms with Crippen molar-refractivity contribution < 1.29 is 17.9 Å². The lowest BCUT2D eigenvalue weighted by atomic mass is 9.99. The molecular formula is C21H19F3N4O. The van der Waals surface area contributed by atoms with E-state index in [4.69, 9.17) is 0 Å². The Balaban J connectivity index is 1.37. The zero-order valence-corrected chi connectivity index (χ0v) is 15.3. The summed E-state index contributed by atoms with van der Waals surface area (Å²) in [4.78, 5) is 4.37. The molecule has 29 heavy (non-hydrogen) atoms. The number of hydrogen-bond acceptors (Lipinski definition) is 5. The van der Waals surface area contributed by atoms with Gasteiger partial charge in [0.15, 0.2) is 0 Å². The predicted molar refractivity (Wildman–Crippen MR) is 104 cm³/mol. The van der Waals surface area contributed by atoms with Gasteiger partial charge in [-0.3, -0.25) is 0 Å². The van der Waals surface area contributed by atoms with Crippen molar-refractivity contribution in [3.05, 3.63) is 89.4 Å². The Labute approximate surface area is 166 Å². The van der Waals surface area contributed by atoms with Gasteiger partial charge in [0, 0.05) is 30.9 Å². The number of pyridine rings is 1. The van der Waals surface area contributed by atoms with Gasteiger partial charge in [-0.05, 0) is 41.1 Å². The van der Waals surface area contributed by atoms with Crippen LogP contribution in [0.1, 0.15) is 11.1 Å². The zero-order valence-electron chi connectivity index (χ0n) is 15.3. The number of alkyl halides is 3. The summed E-state index contributed by atoms with van der Waals surface area (Å²) in [7, 11) is 0. The lowest BCUT2D eigenvalue weighted by Crippen LogP contribution is -2.35. The fourth-order valence-corrected chi connectivity index (χ4v) is 3.25. The summed E-state index contributed by atoms with van der Waals surface area (Å²) in [5.74, 6) is 0.358. The van der Waals surface area contributed by atoms with E-state index in [-0.39, 0.29) is 18.5 Å². The monoisotopic (exact) mass is 400 g/mol. The number of halogens is 3. The van der Waals surface area contributed by atoms with E-state index >= 15 is 0 Å². The van der Waals surface area contributed by atoms with Crippen LogP contribution >= 0.6 is 0 Å². The van der Waals surface area contributed by atoms with Gasteiger partial charge in [-0.25, -0.2) is 4.98 Å². The van der Waals surface area contributed by atoms with Gasteiger partial charge in [-0.15, -0.1) is 13.2 Å². The first kappa shape index (κ1) is 18.9. The molecule has 0 amide bonds. The number of ether oxygens (including phenoxy) is 1. The van der Waals surface area contributed by atoms with Crippen LogP contribution in [0, 0.1) is 0 Å². The molecule has 2 aromatic rings. The summed E-state index contributed by atoms with van der Waals surface area (Å²) in [5, 5.41) is 9.56. The van der Waals surface area contributed by atoms with Crippen molar-refractivity contribution in [1.29, 1.82) is 0 Å². The molecule has 3 heterocycles. The number of nitrogens with zero attached hydrogens (tertiary/aromatic N) is 1. The Morgan fingerprint density at radius 1 is 1.10 bits per heavy atom. The van der Waals surface area contributed by atoms with Crippen molar-refractivity contribution in [3.63, 3.8) is 0 Å². The van der Waals surface area contributed by atoms with Gasteiger partial charge >= 0.3 is 6.36 Å². The number of rotatable bonds is 6. The summed E-state index contributed by atoms with van der Waals surface area (Å²) in [6.07, 6.45) is 5.84. The normalized spacial score (nSPS) is 17.6. The van der Waals surface area contributed by atoms with Crippen LogP contribution in [-0.2, 0) is 13.0 Å². The Morgan fingerprint density at radius 2 is 1.97 bits per heavy atom. The smallest absolute Gasteiger partial charge is 0.405 e. The molecule has 1 aromatic carbocycles. The number of anilines is 1. The summed E-state index contributed by atoms with van der Waals surface area (Å²) < 4.78 is 41.6. The molecule has 4 rings (SSSR count). The van der Waals surface area contributed by atoms with Gasteiger partial charge in [-0.2, -0.15) is 0 Å². The number of dihydropyridines is 1. The number of allylic oxidation sites excluding steroid dienone is 2. The Kier molecular flexibility index (Phi) is 5.16. The molecule has 1 unspecified atom stereocenters. The lowest BCUT2D eigenvalue weighted by molar-refractivity contribution is -0.274. The van der Waals surface area contributed by atoms with Crippen molar-refractivity contribution in [1.82, 2.24) is 15.6 Å². The molecule has 0 fully saturated rings. The maximum absolute atomic E-state index is 12.5. The van der Waals surface area contributed by atoms with E-state index in [1.54, 1.807) is 18.3 Å². The van der Waals surface area contributed by atoms with Crippen LogP contribution in [-0.4, -0.2) is 17.5 Å². The zero-order chi connectivity index (χ0) is 20.3. The van der Waals surface area contributed by atoms with Crippen molar-refractivity contribution in [3.8, 4) is 5.75 Å². The Morgan fingerprint density at radius 3 is 2.76 bits per heavy atom. The van der Waals surface area contributed by atoms with Crippen LogP contribution in [0.2, 0.25) is 0 Å². The van der Waals surface area contributed by atoms with E-state index in [2.05, 4.69) is 31.7 Å². The number of benzene rings is 1. The third-order valence-electron chi connectivity index (χ3n) is 4.62. The molecule has 0 saturated carbocycles.